The Kier molecular flexibility index (Phi) is 11.1. The van der Waals surface area contributed by atoms with E-state index < -0.39 is 149 Å². The lowest BCUT2D eigenvalue weighted by Gasteiger charge is -2.50. The molecule has 0 radical (unpaired) electrons. The van der Waals surface area contributed by atoms with E-state index in [4.69, 9.17) is 37.9 Å². The molecule has 14 aliphatic rings. The Morgan fingerprint density at radius 3 is 0.614 bits per heavy atom. The third-order valence-corrected chi connectivity index (χ3v) is 8.45. The Bertz CT molecular complexity index is 780. The van der Waals surface area contributed by atoms with Gasteiger partial charge in [-0.05, 0) is 0 Å². The van der Waals surface area contributed by atoms with Gasteiger partial charge in [0.1, 0.15) is 97.7 Å². The van der Waals surface area contributed by atoms with Crippen LogP contribution in [0.3, 0.4) is 0 Å². The SMILES string of the molecule is OC[C@@H]1OC2O[C@@H]3[C@@H](O)[C@H](O)[C@H](O[C@@H]4[C@@H](O)[C@@H](O)[C@H](O[C@@H]5[C@@H](O)[C@H](O)C(O[C@@H]1[C@@H](O)[C@@H]2O)O[C@H]5CO)O[C@H]4CO)O[C@H]3CO. The van der Waals surface area contributed by atoms with Gasteiger partial charge in [0.2, 0.25) is 0 Å². The summed E-state index contributed by atoms with van der Waals surface area (Å²) < 4.78 is 44.7. The maximum Gasteiger partial charge on any atom is 0.187 e. The highest BCUT2D eigenvalue weighted by molar-refractivity contribution is 4.99. The third-order valence-electron chi connectivity index (χ3n) is 8.45. The minimum atomic E-state index is -1.96. The molecular formula is C24H40O20. The van der Waals surface area contributed by atoms with Crippen LogP contribution in [0.5, 0.6) is 0 Å². The number of aliphatic hydroxyl groups is 12. The van der Waals surface area contributed by atoms with Gasteiger partial charge in [-0.25, -0.2) is 0 Å². The van der Waals surface area contributed by atoms with E-state index in [1.54, 1.807) is 0 Å². The maximum absolute atomic E-state index is 10.9. The van der Waals surface area contributed by atoms with Gasteiger partial charge in [0.15, 0.2) is 25.2 Å². The third kappa shape index (κ3) is 6.25. The number of hydrogen-bond acceptors (Lipinski definition) is 20. The van der Waals surface area contributed by atoms with Gasteiger partial charge in [-0.2, -0.15) is 0 Å². The van der Waals surface area contributed by atoms with Crippen LogP contribution in [0.4, 0.5) is 0 Å². The molecule has 0 spiro atoms. The van der Waals surface area contributed by atoms with Gasteiger partial charge in [-0.15, -0.1) is 0 Å². The van der Waals surface area contributed by atoms with Crippen LogP contribution in [-0.2, 0) is 37.9 Å². The van der Waals surface area contributed by atoms with Crippen LogP contribution in [0, 0.1) is 0 Å². The summed E-state index contributed by atoms with van der Waals surface area (Å²) in [5.74, 6) is 0. The lowest BCUT2D eigenvalue weighted by atomic mass is 9.94. The summed E-state index contributed by atoms with van der Waals surface area (Å²) in [4.78, 5) is 0. The molecule has 2 unspecified atom stereocenters. The Balaban J connectivity index is 1.51. The molecule has 0 aromatic rings. The molecule has 14 rings (SSSR count). The van der Waals surface area contributed by atoms with Crippen LogP contribution in [0.2, 0.25) is 0 Å². The summed E-state index contributed by atoms with van der Waals surface area (Å²) in [5.41, 5.74) is 0. The summed E-state index contributed by atoms with van der Waals surface area (Å²) in [6.45, 7) is -3.42. The van der Waals surface area contributed by atoms with Crippen molar-refractivity contribution in [2.75, 3.05) is 26.4 Å². The number of ether oxygens (including phenoxy) is 8. The van der Waals surface area contributed by atoms with Crippen molar-refractivity contribution in [2.24, 2.45) is 0 Å². The molecular weight excluding hydrogens is 608 g/mol. The molecule has 14 aliphatic heterocycles. The summed E-state index contributed by atoms with van der Waals surface area (Å²) in [6, 6.07) is 0. The lowest BCUT2D eigenvalue weighted by Crippen LogP contribution is -2.69. The van der Waals surface area contributed by atoms with E-state index in [9.17, 15) is 61.3 Å². The molecule has 8 bridgehead atoms. The Morgan fingerprint density at radius 2 is 0.455 bits per heavy atom. The van der Waals surface area contributed by atoms with Gasteiger partial charge >= 0.3 is 0 Å². The minimum Gasteiger partial charge on any atom is -0.394 e. The Morgan fingerprint density at radius 1 is 0.273 bits per heavy atom. The van der Waals surface area contributed by atoms with E-state index in [1.807, 2.05) is 0 Å². The first-order valence-corrected chi connectivity index (χ1v) is 14.1. The summed E-state index contributed by atoms with van der Waals surface area (Å²) in [7, 11) is 0. The van der Waals surface area contributed by atoms with Crippen molar-refractivity contribution in [1.29, 1.82) is 0 Å². The molecule has 44 heavy (non-hydrogen) atoms. The zero-order valence-electron chi connectivity index (χ0n) is 23.0. The molecule has 20 heteroatoms. The number of aliphatic hydroxyl groups excluding tert-OH is 12. The maximum atomic E-state index is 10.9. The fraction of sp³-hybridized carbons (Fsp3) is 1.00. The Labute approximate surface area is 249 Å². The van der Waals surface area contributed by atoms with E-state index in [2.05, 4.69) is 0 Å². The predicted octanol–water partition coefficient (Wildman–Crippen LogP) is -8.70. The van der Waals surface area contributed by atoms with Crippen LogP contribution >= 0.6 is 0 Å². The molecule has 256 valence electrons. The first-order chi connectivity index (χ1) is 20.9. The van der Waals surface area contributed by atoms with Gasteiger partial charge in [-0.1, -0.05) is 0 Å². The smallest absolute Gasteiger partial charge is 0.187 e. The molecule has 0 aromatic heterocycles. The van der Waals surface area contributed by atoms with E-state index in [-0.39, 0.29) is 0 Å². The second-order valence-electron chi connectivity index (χ2n) is 11.2. The monoisotopic (exact) mass is 648 g/mol. The first kappa shape index (κ1) is 34.5. The van der Waals surface area contributed by atoms with Crippen LogP contribution in [0.1, 0.15) is 0 Å². The van der Waals surface area contributed by atoms with Crippen molar-refractivity contribution in [3.63, 3.8) is 0 Å². The quantitative estimate of drug-likeness (QED) is 0.135. The Hall–Kier alpha value is -0.800. The van der Waals surface area contributed by atoms with Crippen molar-refractivity contribution in [2.45, 2.75) is 123 Å². The minimum absolute atomic E-state index is 0.854. The molecule has 0 amide bonds. The number of rotatable bonds is 4. The topological polar surface area (TPSA) is 317 Å². The standard InChI is InChI=1S/C24H40O20/c25-1-5-17-9(29)13(33)21(37-5)42-18-6(2-26)39-23(15(35)11(18)31)44-20-8(4-28)40-24(16(36)12(20)32)43-19-7(3-27)38-22(41-17)14(34)10(19)30/h5-36H,1-4H2/t5-,6-,7-,8-,9-,10-,11-,12-,13-,14-,15-,16+,17-,18-,19-,20-,21?,22?,23-,24-/m0/s1. The largest absolute Gasteiger partial charge is 0.394 e. The van der Waals surface area contributed by atoms with Crippen molar-refractivity contribution in [1.82, 2.24) is 0 Å². The second kappa shape index (κ2) is 14.1. The van der Waals surface area contributed by atoms with Gasteiger partial charge < -0.3 is 99.2 Å². The highest BCUT2D eigenvalue weighted by Gasteiger charge is 2.56. The van der Waals surface area contributed by atoms with Crippen molar-refractivity contribution >= 4 is 0 Å². The van der Waals surface area contributed by atoms with Crippen LogP contribution in [-0.4, -0.2) is 211 Å². The van der Waals surface area contributed by atoms with E-state index in [0.29, 0.717) is 0 Å². The van der Waals surface area contributed by atoms with Crippen LogP contribution in [0.25, 0.3) is 0 Å². The van der Waals surface area contributed by atoms with E-state index in [0.717, 1.165) is 0 Å². The average Bonchev–Trinajstić information content (AvgIpc) is 3.02. The molecule has 20 nitrogen and oxygen atoms in total. The highest BCUT2D eigenvalue weighted by Crippen LogP contribution is 2.36. The van der Waals surface area contributed by atoms with Gasteiger partial charge in [0.25, 0.3) is 0 Å². The van der Waals surface area contributed by atoms with Gasteiger partial charge in [0, 0.05) is 0 Å². The summed E-state index contributed by atoms with van der Waals surface area (Å²) in [6.07, 6.45) is -35.3. The van der Waals surface area contributed by atoms with Crippen molar-refractivity contribution in [3.05, 3.63) is 0 Å². The zero-order valence-corrected chi connectivity index (χ0v) is 23.0. The molecule has 0 saturated carbocycles. The first-order valence-electron chi connectivity index (χ1n) is 14.1. The van der Waals surface area contributed by atoms with Gasteiger partial charge in [-0.3, -0.25) is 0 Å². The highest BCUT2D eigenvalue weighted by atomic mass is 16.8. The fourth-order valence-corrected chi connectivity index (χ4v) is 5.95. The zero-order chi connectivity index (χ0) is 32.0. The molecule has 0 aromatic carbocycles. The van der Waals surface area contributed by atoms with Crippen molar-refractivity contribution < 1.29 is 99.2 Å². The molecule has 0 aliphatic carbocycles. The fourth-order valence-electron chi connectivity index (χ4n) is 5.95. The van der Waals surface area contributed by atoms with E-state index in [1.165, 1.54) is 0 Å². The van der Waals surface area contributed by atoms with Crippen molar-refractivity contribution in [3.8, 4) is 0 Å². The summed E-state index contributed by atoms with van der Waals surface area (Å²) >= 11 is 0. The molecule has 14 fully saturated rings. The lowest BCUT2D eigenvalue weighted by molar-refractivity contribution is -0.404. The summed E-state index contributed by atoms with van der Waals surface area (Å²) in [5, 5.41) is 127. The molecule has 14 heterocycles. The molecule has 20 atom stereocenters. The van der Waals surface area contributed by atoms with Crippen LogP contribution in [0.15, 0.2) is 0 Å². The second-order valence-corrected chi connectivity index (χ2v) is 11.2. The van der Waals surface area contributed by atoms with Crippen LogP contribution < -0.4 is 0 Å². The number of hydrogen-bond donors (Lipinski definition) is 12. The van der Waals surface area contributed by atoms with Gasteiger partial charge in [0.05, 0.1) is 26.4 Å². The average molecular weight is 649 g/mol. The van der Waals surface area contributed by atoms with E-state index >= 15 is 0 Å². The molecule has 14 saturated heterocycles. The molecule has 12 N–H and O–H groups in total. The normalized spacial score (nSPS) is 55.4. The predicted molar refractivity (Wildman–Crippen MR) is 131 cm³/mol.